The first-order valence-corrected chi connectivity index (χ1v) is 10.7. The van der Waals surface area contributed by atoms with Crippen LogP contribution in [-0.2, 0) is 14.8 Å². The predicted molar refractivity (Wildman–Crippen MR) is 109 cm³/mol. The Morgan fingerprint density at radius 3 is 2.19 bits per heavy atom. The highest BCUT2D eigenvalue weighted by atomic mass is 32.2. The van der Waals surface area contributed by atoms with Gasteiger partial charge in [-0.05, 0) is 68.3 Å². The second-order valence-corrected chi connectivity index (χ2v) is 9.43. The number of carbonyl (C=O) groups excluding carboxylic acids is 1. The molecule has 1 aliphatic heterocycles. The number of sulfonamides is 1. The number of rotatable bonds is 5. The number of anilines is 2. The molecule has 1 atom stereocenters. The third-order valence-corrected chi connectivity index (χ3v) is 7.56. The lowest BCUT2D eigenvalue weighted by Gasteiger charge is -2.39. The molecule has 1 N–H and O–H groups in total. The van der Waals surface area contributed by atoms with Crippen molar-refractivity contribution in [1.82, 2.24) is 0 Å². The smallest absolute Gasteiger partial charge is 0.497 e. The van der Waals surface area contributed by atoms with Crippen LogP contribution in [0.1, 0.15) is 19.8 Å². The quantitative estimate of drug-likeness (QED) is 0.734. The molecule has 2 aromatic rings. The van der Waals surface area contributed by atoms with Gasteiger partial charge in [0.05, 0.1) is 12.8 Å². The lowest BCUT2D eigenvalue weighted by molar-refractivity contribution is -0.274. The lowest BCUT2D eigenvalue weighted by Crippen LogP contribution is -2.57. The number of hydrogen-bond acceptors (Lipinski definition) is 5. The predicted octanol–water partition coefficient (Wildman–Crippen LogP) is 3.92. The number of alkyl halides is 3. The molecule has 0 bridgehead atoms. The lowest BCUT2D eigenvalue weighted by atomic mass is 10.0. The van der Waals surface area contributed by atoms with Crippen molar-refractivity contribution >= 4 is 27.3 Å². The molecule has 3 rings (SSSR count). The Balaban J connectivity index is 1.80. The Labute approximate surface area is 177 Å². The van der Waals surface area contributed by atoms with Crippen molar-refractivity contribution in [2.24, 2.45) is 0 Å². The number of carbonyl (C=O) groups is 1. The molecule has 1 unspecified atom stereocenters. The molecule has 1 amide bonds. The maximum absolute atomic E-state index is 13.3. The third-order valence-electron chi connectivity index (χ3n) is 5.06. The van der Waals surface area contributed by atoms with Gasteiger partial charge in [0, 0.05) is 12.2 Å². The van der Waals surface area contributed by atoms with Crippen LogP contribution in [-0.4, -0.2) is 39.1 Å². The minimum atomic E-state index is -4.83. The van der Waals surface area contributed by atoms with Crippen molar-refractivity contribution in [3.63, 3.8) is 0 Å². The fourth-order valence-corrected chi connectivity index (χ4v) is 5.25. The van der Waals surface area contributed by atoms with E-state index >= 15 is 0 Å². The van der Waals surface area contributed by atoms with Crippen LogP contribution in [0.5, 0.6) is 11.5 Å². The standard InChI is InChI=1S/C20H21F3N2O5S/c1-19(18(26)24-14-4-8-17(9-5-14)30-20(21,22)23)12-3-13-25(31(19,27)28)15-6-10-16(29-2)11-7-15/h4-11H,3,12-13H2,1-2H3,(H,24,26). The first-order valence-electron chi connectivity index (χ1n) is 9.30. The molecule has 0 spiro atoms. The van der Waals surface area contributed by atoms with E-state index in [1.54, 1.807) is 24.3 Å². The number of amides is 1. The molecule has 0 aliphatic carbocycles. The fraction of sp³-hybridized carbons (Fsp3) is 0.350. The van der Waals surface area contributed by atoms with Gasteiger partial charge in [-0.15, -0.1) is 13.2 Å². The molecule has 1 saturated heterocycles. The Bertz CT molecular complexity index is 1040. The number of ether oxygens (including phenoxy) is 2. The van der Waals surface area contributed by atoms with Crippen LogP contribution in [0.25, 0.3) is 0 Å². The van der Waals surface area contributed by atoms with E-state index in [1.165, 1.54) is 30.5 Å². The molecule has 11 heteroatoms. The summed E-state index contributed by atoms with van der Waals surface area (Å²) in [5, 5.41) is 2.49. The minimum absolute atomic E-state index is 0.100. The Hall–Kier alpha value is -2.95. The second-order valence-electron chi connectivity index (χ2n) is 7.14. The molecule has 1 fully saturated rings. The highest BCUT2D eigenvalue weighted by molar-refractivity contribution is 7.95. The largest absolute Gasteiger partial charge is 0.573 e. The van der Waals surface area contributed by atoms with Gasteiger partial charge in [-0.1, -0.05) is 0 Å². The molecule has 7 nitrogen and oxygen atoms in total. The maximum Gasteiger partial charge on any atom is 0.573 e. The second kappa shape index (κ2) is 8.29. The highest BCUT2D eigenvalue weighted by Gasteiger charge is 2.52. The number of nitrogens with zero attached hydrogens (tertiary/aromatic N) is 1. The summed E-state index contributed by atoms with van der Waals surface area (Å²) in [6.07, 6.45) is -4.28. The molecular formula is C20H21F3N2O5S. The summed E-state index contributed by atoms with van der Waals surface area (Å²) in [5.41, 5.74) is 0.561. The summed E-state index contributed by atoms with van der Waals surface area (Å²) in [5.74, 6) is -0.653. The third kappa shape index (κ3) is 4.71. The van der Waals surface area contributed by atoms with Crippen molar-refractivity contribution in [1.29, 1.82) is 0 Å². The molecule has 0 aromatic heterocycles. The Morgan fingerprint density at radius 2 is 1.65 bits per heavy atom. The van der Waals surface area contributed by atoms with E-state index in [0.29, 0.717) is 17.9 Å². The Kier molecular flexibility index (Phi) is 6.08. The molecule has 1 aliphatic rings. The Morgan fingerprint density at radius 1 is 1.06 bits per heavy atom. The van der Waals surface area contributed by atoms with E-state index in [1.807, 2.05) is 0 Å². The van der Waals surface area contributed by atoms with Crippen molar-refractivity contribution in [3.05, 3.63) is 48.5 Å². The van der Waals surface area contributed by atoms with Crippen LogP contribution >= 0.6 is 0 Å². The number of hydrogen-bond donors (Lipinski definition) is 1. The molecule has 2 aromatic carbocycles. The zero-order chi connectivity index (χ0) is 22.9. The summed E-state index contributed by atoms with van der Waals surface area (Å²) in [6.45, 7) is 1.56. The van der Waals surface area contributed by atoms with Crippen molar-refractivity contribution in [3.8, 4) is 11.5 Å². The van der Waals surface area contributed by atoms with Gasteiger partial charge in [-0.25, -0.2) is 8.42 Å². The number of methoxy groups -OCH3 is 1. The van der Waals surface area contributed by atoms with Gasteiger partial charge < -0.3 is 14.8 Å². The first kappa shape index (κ1) is 22.7. The number of halogens is 3. The van der Waals surface area contributed by atoms with Crippen LogP contribution in [0.4, 0.5) is 24.5 Å². The van der Waals surface area contributed by atoms with Gasteiger partial charge in [-0.3, -0.25) is 9.10 Å². The number of benzene rings is 2. The van der Waals surface area contributed by atoms with Crippen molar-refractivity contribution in [2.45, 2.75) is 30.9 Å². The molecule has 31 heavy (non-hydrogen) atoms. The van der Waals surface area contributed by atoms with Crippen LogP contribution < -0.4 is 19.1 Å². The topological polar surface area (TPSA) is 84.9 Å². The maximum atomic E-state index is 13.3. The first-order chi connectivity index (χ1) is 14.5. The molecule has 0 saturated carbocycles. The van der Waals surface area contributed by atoms with Crippen molar-refractivity contribution in [2.75, 3.05) is 23.3 Å². The van der Waals surface area contributed by atoms with Gasteiger partial charge in [0.25, 0.3) is 0 Å². The van der Waals surface area contributed by atoms with Crippen molar-refractivity contribution < 1.29 is 35.9 Å². The summed E-state index contributed by atoms with van der Waals surface area (Å²) in [6, 6.07) is 10.9. The van der Waals surface area contributed by atoms with Crippen LogP contribution in [0.3, 0.4) is 0 Å². The monoisotopic (exact) mass is 458 g/mol. The van der Waals surface area contributed by atoms with E-state index in [-0.39, 0.29) is 18.7 Å². The van der Waals surface area contributed by atoms with Gasteiger partial charge in [-0.2, -0.15) is 0 Å². The average molecular weight is 458 g/mol. The van der Waals surface area contributed by atoms with Gasteiger partial charge >= 0.3 is 6.36 Å². The van der Waals surface area contributed by atoms with Crippen LogP contribution in [0.2, 0.25) is 0 Å². The summed E-state index contributed by atoms with van der Waals surface area (Å²) < 4.78 is 71.8. The average Bonchev–Trinajstić information content (AvgIpc) is 2.70. The zero-order valence-corrected chi connectivity index (χ0v) is 17.6. The van der Waals surface area contributed by atoms with E-state index in [2.05, 4.69) is 10.1 Å². The van der Waals surface area contributed by atoms with Gasteiger partial charge in [0.15, 0.2) is 4.75 Å². The van der Waals surface area contributed by atoms with E-state index in [4.69, 9.17) is 4.74 Å². The molecule has 168 valence electrons. The fourth-order valence-electron chi connectivity index (χ4n) is 3.30. The van der Waals surface area contributed by atoms with E-state index in [0.717, 1.165) is 12.1 Å². The van der Waals surface area contributed by atoms with Gasteiger partial charge in [0.1, 0.15) is 11.5 Å². The van der Waals surface area contributed by atoms with E-state index in [9.17, 15) is 26.4 Å². The van der Waals surface area contributed by atoms with Crippen LogP contribution in [0.15, 0.2) is 48.5 Å². The summed E-state index contributed by atoms with van der Waals surface area (Å²) in [7, 11) is -2.59. The minimum Gasteiger partial charge on any atom is -0.497 e. The normalized spacial score (nSPS) is 20.7. The highest BCUT2D eigenvalue weighted by Crippen LogP contribution is 2.37. The number of nitrogens with one attached hydrogen (secondary N) is 1. The molecule has 1 heterocycles. The summed E-state index contributed by atoms with van der Waals surface area (Å²) in [4.78, 5) is 12.9. The van der Waals surface area contributed by atoms with E-state index < -0.39 is 32.8 Å². The van der Waals surface area contributed by atoms with Gasteiger partial charge in [0.2, 0.25) is 15.9 Å². The SMILES string of the molecule is COc1ccc(N2CCCC(C)(C(=O)Nc3ccc(OC(F)(F)F)cc3)S2(=O)=O)cc1. The summed E-state index contributed by atoms with van der Waals surface area (Å²) >= 11 is 0. The zero-order valence-electron chi connectivity index (χ0n) is 16.8. The van der Waals surface area contributed by atoms with Crippen LogP contribution in [0, 0.1) is 0 Å². The molecular weight excluding hydrogens is 437 g/mol. The molecule has 0 radical (unpaired) electrons.